The smallest absolute Gasteiger partial charge is 0.269 e. The van der Waals surface area contributed by atoms with Gasteiger partial charge >= 0.3 is 0 Å². The fourth-order valence-electron chi connectivity index (χ4n) is 0.938. The summed E-state index contributed by atoms with van der Waals surface area (Å²) in [5, 5.41) is 3.99. The summed E-state index contributed by atoms with van der Waals surface area (Å²) in [6, 6.07) is 1.64. The van der Waals surface area contributed by atoms with Crippen molar-refractivity contribution in [3.05, 3.63) is 18.0 Å². The quantitative estimate of drug-likeness (QED) is 0.720. The molecule has 0 saturated heterocycles. The van der Waals surface area contributed by atoms with Crippen molar-refractivity contribution >= 4 is 5.91 Å². The number of nitrogens with zero attached hydrogens (tertiary/aromatic N) is 2. The molecule has 0 aliphatic rings. The minimum Gasteiger partial charge on any atom is -0.364 e. The zero-order valence-corrected chi connectivity index (χ0v) is 7.16. The van der Waals surface area contributed by atoms with Gasteiger partial charge in [-0.2, -0.15) is 5.10 Å². The van der Waals surface area contributed by atoms with Gasteiger partial charge in [-0.25, -0.2) is 0 Å². The van der Waals surface area contributed by atoms with Crippen molar-refractivity contribution < 1.29 is 4.79 Å². The topological polar surface area (TPSA) is 60.9 Å². The molecule has 4 nitrogen and oxygen atoms in total. The molecule has 1 aromatic heterocycles. The summed E-state index contributed by atoms with van der Waals surface area (Å²) < 4.78 is 1.74. The maximum atomic E-state index is 10.6. The van der Waals surface area contributed by atoms with Crippen LogP contribution in [0.15, 0.2) is 12.3 Å². The van der Waals surface area contributed by atoms with E-state index in [0.29, 0.717) is 5.69 Å². The Morgan fingerprint density at radius 1 is 1.75 bits per heavy atom. The van der Waals surface area contributed by atoms with Gasteiger partial charge in [0.15, 0.2) is 0 Å². The molecule has 0 aliphatic carbocycles. The van der Waals surface area contributed by atoms with E-state index in [4.69, 9.17) is 5.73 Å². The lowest BCUT2D eigenvalue weighted by atomic mass is 10.3. The van der Waals surface area contributed by atoms with Crippen molar-refractivity contribution in [1.82, 2.24) is 9.78 Å². The molecular formula is C8H13N3O. The van der Waals surface area contributed by atoms with Gasteiger partial charge in [0.05, 0.1) is 0 Å². The average Bonchev–Trinajstić information content (AvgIpc) is 2.48. The molecule has 0 unspecified atom stereocenters. The Morgan fingerprint density at radius 3 is 3.00 bits per heavy atom. The molecule has 0 saturated carbocycles. The van der Waals surface area contributed by atoms with Crippen LogP contribution in [0.1, 0.15) is 30.3 Å². The van der Waals surface area contributed by atoms with Crippen LogP contribution in [0.2, 0.25) is 0 Å². The first-order valence-electron chi connectivity index (χ1n) is 4.07. The molecule has 1 heterocycles. The molecule has 0 spiro atoms. The monoisotopic (exact) mass is 167 g/mol. The number of hydrogen-bond donors (Lipinski definition) is 1. The molecule has 0 fully saturated rings. The molecule has 2 N–H and O–H groups in total. The van der Waals surface area contributed by atoms with Crippen molar-refractivity contribution in [3.8, 4) is 0 Å². The van der Waals surface area contributed by atoms with Crippen molar-refractivity contribution in [1.29, 1.82) is 0 Å². The second kappa shape index (κ2) is 3.90. The summed E-state index contributed by atoms with van der Waals surface area (Å²) >= 11 is 0. The summed E-state index contributed by atoms with van der Waals surface area (Å²) in [5.74, 6) is -0.467. The molecule has 1 rings (SSSR count). The predicted molar refractivity (Wildman–Crippen MR) is 45.7 cm³/mol. The van der Waals surface area contributed by atoms with E-state index in [1.807, 2.05) is 0 Å². The van der Waals surface area contributed by atoms with Crippen LogP contribution in [0, 0.1) is 0 Å². The van der Waals surface area contributed by atoms with Crippen LogP contribution in [0.4, 0.5) is 0 Å². The predicted octanol–water partition coefficient (Wildman–Crippen LogP) is 0.782. The number of carbonyl (C=O) groups is 1. The zero-order chi connectivity index (χ0) is 8.97. The fourth-order valence-corrected chi connectivity index (χ4v) is 0.938. The number of aryl methyl sites for hydroxylation is 1. The molecule has 0 radical (unpaired) electrons. The molecule has 1 amide bonds. The fraction of sp³-hybridized carbons (Fsp3) is 0.500. The molecule has 4 heteroatoms. The number of rotatable bonds is 4. The van der Waals surface area contributed by atoms with E-state index in [0.717, 1.165) is 19.4 Å². The van der Waals surface area contributed by atoms with E-state index < -0.39 is 5.91 Å². The van der Waals surface area contributed by atoms with Crippen LogP contribution >= 0.6 is 0 Å². The summed E-state index contributed by atoms with van der Waals surface area (Å²) in [7, 11) is 0. The van der Waals surface area contributed by atoms with Gasteiger partial charge in [-0.3, -0.25) is 9.48 Å². The van der Waals surface area contributed by atoms with E-state index in [2.05, 4.69) is 12.0 Å². The molecule has 0 aromatic carbocycles. The van der Waals surface area contributed by atoms with Gasteiger partial charge in [-0.05, 0) is 12.5 Å². The first-order valence-corrected chi connectivity index (χ1v) is 4.07. The van der Waals surface area contributed by atoms with Crippen LogP contribution in [-0.2, 0) is 6.54 Å². The van der Waals surface area contributed by atoms with Crippen molar-refractivity contribution in [2.45, 2.75) is 26.3 Å². The number of aromatic nitrogens is 2. The van der Waals surface area contributed by atoms with Crippen LogP contribution in [-0.4, -0.2) is 15.7 Å². The zero-order valence-electron chi connectivity index (χ0n) is 7.16. The molecule has 0 bridgehead atoms. The number of unbranched alkanes of at least 4 members (excludes halogenated alkanes) is 1. The molecule has 0 atom stereocenters. The summed E-state index contributed by atoms with van der Waals surface area (Å²) in [6.45, 7) is 2.96. The highest BCUT2D eigenvalue weighted by Gasteiger charge is 2.02. The normalized spacial score (nSPS) is 10.1. The van der Waals surface area contributed by atoms with Gasteiger partial charge in [0.2, 0.25) is 0 Å². The first kappa shape index (κ1) is 8.77. The Morgan fingerprint density at radius 2 is 2.50 bits per heavy atom. The maximum absolute atomic E-state index is 10.6. The number of hydrogen-bond acceptors (Lipinski definition) is 2. The van der Waals surface area contributed by atoms with Gasteiger partial charge in [0.1, 0.15) is 5.69 Å². The molecule has 0 aliphatic heterocycles. The molecule has 66 valence electrons. The Hall–Kier alpha value is -1.32. The molecule has 1 aromatic rings. The van der Waals surface area contributed by atoms with Crippen LogP contribution < -0.4 is 5.73 Å². The Kier molecular flexibility index (Phi) is 2.85. The second-order valence-corrected chi connectivity index (χ2v) is 2.68. The summed E-state index contributed by atoms with van der Waals surface area (Å²) in [4.78, 5) is 10.6. The van der Waals surface area contributed by atoms with Crippen molar-refractivity contribution in [2.75, 3.05) is 0 Å². The van der Waals surface area contributed by atoms with Crippen LogP contribution in [0.25, 0.3) is 0 Å². The molecular weight excluding hydrogens is 154 g/mol. The number of primary amides is 1. The summed E-state index contributed by atoms with van der Waals surface area (Å²) in [6.07, 6.45) is 3.96. The van der Waals surface area contributed by atoms with Gasteiger partial charge in [0.25, 0.3) is 5.91 Å². The number of carbonyl (C=O) groups excluding carboxylic acids is 1. The Balaban J connectivity index is 2.58. The largest absolute Gasteiger partial charge is 0.364 e. The highest BCUT2D eigenvalue weighted by atomic mass is 16.1. The third-order valence-corrected chi connectivity index (χ3v) is 1.63. The Labute approximate surface area is 71.4 Å². The van der Waals surface area contributed by atoms with Crippen molar-refractivity contribution in [3.63, 3.8) is 0 Å². The van der Waals surface area contributed by atoms with E-state index in [1.165, 1.54) is 0 Å². The maximum Gasteiger partial charge on any atom is 0.269 e. The first-order chi connectivity index (χ1) is 5.74. The third-order valence-electron chi connectivity index (χ3n) is 1.63. The summed E-state index contributed by atoms with van der Waals surface area (Å²) in [5.41, 5.74) is 5.38. The van der Waals surface area contributed by atoms with Gasteiger partial charge in [-0.1, -0.05) is 13.3 Å². The lowest BCUT2D eigenvalue weighted by Gasteiger charge is -1.96. The van der Waals surface area contributed by atoms with Gasteiger partial charge < -0.3 is 5.73 Å². The lowest BCUT2D eigenvalue weighted by molar-refractivity contribution is 0.0994. The Bertz CT molecular complexity index is 267. The average molecular weight is 167 g/mol. The minimum absolute atomic E-state index is 0.339. The molecule has 12 heavy (non-hydrogen) atoms. The number of amides is 1. The van der Waals surface area contributed by atoms with Crippen molar-refractivity contribution in [2.24, 2.45) is 5.73 Å². The van der Waals surface area contributed by atoms with E-state index >= 15 is 0 Å². The lowest BCUT2D eigenvalue weighted by Crippen LogP contribution is -2.12. The van der Waals surface area contributed by atoms with Crippen LogP contribution in [0.3, 0.4) is 0 Å². The van der Waals surface area contributed by atoms with Crippen LogP contribution in [0.5, 0.6) is 0 Å². The van der Waals surface area contributed by atoms with E-state index in [-0.39, 0.29) is 0 Å². The standard InChI is InChI=1S/C8H13N3O/c1-2-3-5-11-6-4-7(10-11)8(9)12/h4,6H,2-3,5H2,1H3,(H2,9,12). The minimum atomic E-state index is -0.467. The van der Waals surface area contributed by atoms with Gasteiger partial charge in [0, 0.05) is 12.7 Å². The van der Waals surface area contributed by atoms with E-state index in [1.54, 1.807) is 16.9 Å². The number of nitrogens with two attached hydrogens (primary N) is 1. The second-order valence-electron chi connectivity index (χ2n) is 2.68. The van der Waals surface area contributed by atoms with E-state index in [9.17, 15) is 4.79 Å². The van der Waals surface area contributed by atoms with Gasteiger partial charge in [-0.15, -0.1) is 0 Å². The highest BCUT2D eigenvalue weighted by Crippen LogP contribution is 1.97. The third kappa shape index (κ3) is 2.08. The SMILES string of the molecule is CCCCn1ccc(C(N)=O)n1. The highest BCUT2D eigenvalue weighted by molar-refractivity contribution is 5.90.